The minimum Gasteiger partial charge on any atom is -0.497 e. The number of ether oxygens (including phenoxy) is 2. The van der Waals surface area contributed by atoms with Gasteiger partial charge in [0.1, 0.15) is 5.75 Å². The van der Waals surface area contributed by atoms with Gasteiger partial charge in [0.25, 0.3) is 0 Å². The number of aromatic nitrogens is 3. The van der Waals surface area contributed by atoms with E-state index >= 15 is 0 Å². The van der Waals surface area contributed by atoms with E-state index in [9.17, 15) is 0 Å². The van der Waals surface area contributed by atoms with Crippen LogP contribution in [-0.4, -0.2) is 28.0 Å². The van der Waals surface area contributed by atoms with Gasteiger partial charge in [-0.25, -0.2) is 0 Å². The summed E-state index contributed by atoms with van der Waals surface area (Å²) in [5, 5.41) is 12.6. The quantitative estimate of drug-likeness (QED) is 0.523. The maximum Gasteiger partial charge on any atom is 0.247 e. The standard InChI is InChI=1S/C20H18N4O2S/c1-3-12-27-20-22-19-17(23-24-20)15-6-4-5-7-16(15)21-18(26-19)13-8-10-14(25-2)11-9-13/h3-11,18,21H,1,12H2,2H3/t18-/m0/s1. The van der Waals surface area contributed by atoms with E-state index in [2.05, 4.69) is 27.1 Å². The van der Waals surface area contributed by atoms with Crippen LogP contribution in [0.2, 0.25) is 0 Å². The summed E-state index contributed by atoms with van der Waals surface area (Å²) in [6.07, 6.45) is 1.39. The molecule has 136 valence electrons. The predicted molar refractivity (Wildman–Crippen MR) is 106 cm³/mol. The highest BCUT2D eigenvalue weighted by molar-refractivity contribution is 7.99. The molecular formula is C20H18N4O2S. The zero-order chi connectivity index (χ0) is 18.6. The first-order chi connectivity index (χ1) is 13.3. The highest BCUT2D eigenvalue weighted by atomic mass is 32.2. The second-order valence-corrected chi connectivity index (χ2v) is 6.80. The maximum absolute atomic E-state index is 6.21. The number of hydrogen-bond donors (Lipinski definition) is 1. The molecule has 0 spiro atoms. The Hall–Kier alpha value is -3.06. The van der Waals surface area contributed by atoms with Crippen LogP contribution in [0.1, 0.15) is 11.8 Å². The molecule has 1 N–H and O–H groups in total. The average molecular weight is 378 g/mol. The fourth-order valence-corrected chi connectivity index (χ4v) is 3.28. The predicted octanol–water partition coefficient (Wildman–Crippen LogP) is 4.33. The Morgan fingerprint density at radius 1 is 1.19 bits per heavy atom. The molecule has 1 aromatic heterocycles. The van der Waals surface area contributed by atoms with Crippen LogP contribution in [0.25, 0.3) is 11.3 Å². The molecule has 0 saturated heterocycles. The normalized spacial score (nSPS) is 14.8. The number of fused-ring (bicyclic) bond motifs is 3. The van der Waals surface area contributed by atoms with E-state index in [4.69, 9.17) is 9.47 Å². The van der Waals surface area contributed by atoms with Gasteiger partial charge < -0.3 is 14.8 Å². The van der Waals surface area contributed by atoms with Crippen molar-refractivity contribution in [2.24, 2.45) is 0 Å². The summed E-state index contributed by atoms with van der Waals surface area (Å²) >= 11 is 1.46. The number of hydrogen-bond acceptors (Lipinski definition) is 7. The molecule has 27 heavy (non-hydrogen) atoms. The molecule has 0 aliphatic carbocycles. The molecule has 0 amide bonds. The maximum atomic E-state index is 6.21. The van der Waals surface area contributed by atoms with Gasteiger partial charge >= 0.3 is 0 Å². The average Bonchev–Trinajstić information content (AvgIpc) is 2.88. The summed E-state index contributed by atoms with van der Waals surface area (Å²) < 4.78 is 11.5. The summed E-state index contributed by atoms with van der Waals surface area (Å²) in [6.45, 7) is 3.73. The van der Waals surface area contributed by atoms with Gasteiger partial charge in [-0.2, -0.15) is 4.98 Å². The summed E-state index contributed by atoms with van der Waals surface area (Å²) in [5.41, 5.74) is 3.40. The first kappa shape index (κ1) is 17.4. The van der Waals surface area contributed by atoms with E-state index < -0.39 is 6.23 Å². The number of methoxy groups -OCH3 is 1. The largest absolute Gasteiger partial charge is 0.497 e. The molecule has 0 radical (unpaired) electrons. The van der Waals surface area contributed by atoms with Crippen molar-refractivity contribution in [1.82, 2.24) is 15.2 Å². The van der Waals surface area contributed by atoms with Crippen molar-refractivity contribution in [2.75, 3.05) is 18.2 Å². The third kappa shape index (κ3) is 3.59. The number of rotatable bonds is 5. The fourth-order valence-electron chi connectivity index (χ4n) is 2.77. The van der Waals surface area contributed by atoms with Crippen LogP contribution >= 0.6 is 11.8 Å². The highest BCUT2D eigenvalue weighted by Gasteiger charge is 2.25. The van der Waals surface area contributed by atoms with Gasteiger partial charge in [0.2, 0.25) is 11.0 Å². The van der Waals surface area contributed by atoms with Crippen LogP contribution < -0.4 is 14.8 Å². The number of thioether (sulfide) groups is 1. The zero-order valence-electron chi connectivity index (χ0n) is 14.8. The second kappa shape index (κ2) is 7.67. The lowest BCUT2D eigenvalue weighted by molar-refractivity contribution is 0.225. The third-order valence-electron chi connectivity index (χ3n) is 4.08. The number of para-hydroxylation sites is 1. The Balaban J connectivity index is 1.76. The molecule has 6 nitrogen and oxygen atoms in total. The van der Waals surface area contributed by atoms with Crippen LogP contribution in [0.4, 0.5) is 5.69 Å². The first-order valence-electron chi connectivity index (χ1n) is 8.43. The summed E-state index contributed by atoms with van der Waals surface area (Å²) in [7, 11) is 1.65. The molecule has 1 atom stereocenters. The van der Waals surface area contributed by atoms with Crippen LogP contribution in [0, 0.1) is 0 Å². The molecule has 3 aromatic rings. The Bertz CT molecular complexity index is 962. The van der Waals surface area contributed by atoms with Gasteiger partial charge in [-0.15, -0.1) is 16.8 Å². The minimum atomic E-state index is -0.410. The first-order valence-corrected chi connectivity index (χ1v) is 9.42. The fraction of sp³-hybridized carbons (Fsp3) is 0.150. The summed E-state index contributed by atoms with van der Waals surface area (Å²) in [6, 6.07) is 15.6. The smallest absolute Gasteiger partial charge is 0.247 e. The van der Waals surface area contributed by atoms with E-state index in [0.717, 1.165) is 22.6 Å². The molecule has 1 aliphatic heterocycles. The van der Waals surface area contributed by atoms with Gasteiger partial charge in [-0.3, -0.25) is 0 Å². The molecule has 1 aliphatic rings. The molecule has 0 fully saturated rings. The SMILES string of the molecule is C=CCSc1nnc2c(n1)O[C@@H](c1ccc(OC)cc1)Nc1ccccc1-2. The van der Waals surface area contributed by atoms with Crippen molar-refractivity contribution >= 4 is 17.4 Å². The van der Waals surface area contributed by atoms with E-state index in [1.54, 1.807) is 13.2 Å². The van der Waals surface area contributed by atoms with E-state index in [1.807, 2.05) is 48.5 Å². The van der Waals surface area contributed by atoms with E-state index in [-0.39, 0.29) is 0 Å². The second-order valence-electron chi connectivity index (χ2n) is 5.81. The number of anilines is 1. The third-order valence-corrected chi connectivity index (χ3v) is 4.92. The lowest BCUT2D eigenvalue weighted by Crippen LogP contribution is -2.17. The Kier molecular flexibility index (Phi) is 4.93. The molecule has 0 saturated carbocycles. The summed E-state index contributed by atoms with van der Waals surface area (Å²) in [4.78, 5) is 4.57. The van der Waals surface area contributed by atoms with E-state index in [0.29, 0.717) is 22.5 Å². The van der Waals surface area contributed by atoms with Crippen molar-refractivity contribution in [1.29, 1.82) is 0 Å². The van der Waals surface area contributed by atoms with Crippen molar-refractivity contribution in [3.05, 3.63) is 66.7 Å². The lowest BCUT2D eigenvalue weighted by Gasteiger charge is -2.19. The zero-order valence-corrected chi connectivity index (χ0v) is 15.6. The lowest BCUT2D eigenvalue weighted by atomic mass is 10.1. The number of nitrogens with zero attached hydrogens (tertiary/aromatic N) is 3. The van der Waals surface area contributed by atoms with Crippen molar-refractivity contribution in [3.63, 3.8) is 0 Å². The molecular weight excluding hydrogens is 360 g/mol. The van der Waals surface area contributed by atoms with Crippen molar-refractivity contribution in [2.45, 2.75) is 11.4 Å². The Labute approximate surface area is 161 Å². The topological polar surface area (TPSA) is 69.2 Å². The molecule has 2 heterocycles. The number of nitrogens with one attached hydrogen (secondary N) is 1. The number of benzene rings is 2. The molecule has 4 rings (SSSR count). The van der Waals surface area contributed by atoms with Gasteiger partial charge in [0, 0.05) is 22.6 Å². The molecule has 7 heteroatoms. The Morgan fingerprint density at radius 3 is 2.78 bits per heavy atom. The Morgan fingerprint density at radius 2 is 2.00 bits per heavy atom. The summed E-state index contributed by atoms with van der Waals surface area (Å²) in [5.74, 6) is 1.95. The van der Waals surface area contributed by atoms with Crippen molar-refractivity contribution in [3.8, 4) is 22.9 Å². The molecule has 0 bridgehead atoms. The molecule has 0 unspecified atom stereocenters. The van der Waals surface area contributed by atoms with Gasteiger partial charge in [-0.1, -0.05) is 36.0 Å². The van der Waals surface area contributed by atoms with E-state index in [1.165, 1.54) is 11.8 Å². The highest BCUT2D eigenvalue weighted by Crippen LogP contribution is 2.39. The van der Waals surface area contributed by atoms with Crippen LogP contribution in [0.5, 0.6) is 11.6 Å². The molecule has 2 aromatic carbocycles. The van der Waals surface area contributed by atoms with Crippen LogP contribution in [-0.2, 0) is 0 Å². The van der Waals surface area contributed by atoms with Gasteiger partial charge in [-0.05, 0) is 30.3 Å². The van der Waals surface area contributed by atoms with Gasteiger partial charge in [0.05, 0.1) is 7.11 Å². The van der Waals surface area contributed by atoms with Crippen LogP contribution in [0.3, 0.4) is 0 Å². The monoisotopic (exact) mass is 378 g/mol. The van der Waals surface area contributed by atoms with Crippen LogP contribution in [0.15, 0.2) is 66.3 Å². The van der Waals surface area contributed by atoms with Gasteiger partial charge in [0.15, 0.2) is 11.9 Å². The minimum absolute atomic E-state index is 0.410. The van der Waals surface area contributed by atoms with Crippen molar-refractivity contribution < 1.29 is 9.47 Å².